The maximum absolute atomic E-state index is 13.4. The summed E-state index contributed by atoms with van der Waals surface area (Å²) >= 11 is 3.45. The smallest absolute Gasteiger partial charge is 0.232 e. The number of nitrogens with zero attached hydrogens (tertiary/aromatic N) is 1. The molecule has 2 aromatic rings. The van der Waals surface area contributed by atoms with Gasteiger partial charge in [0.05, 0.1) is 7.11 Å². The summed E-state index contributed by atoms with van der Waals surface area (Å²) in [5, 5.41) is 0. The summed E-state index contributed by atoms with van der Waals surface area (Å²) < 4.78 is 6.50. The third kappa shape index (κ3) is 3.64. The Hall–Kier alpha value is -2.40. The molecule has 1 unspecified atom stereocenters. The summed E-state index contributed by atoms with van der Waals surface area (Å²) in [7, 11) is 1.62. The average molecular weight is 454 g/mol. The highest BCUT2D eigenvalue weighted by Gasteiger charge is 2.44. The highest BCUT2D eigenvalue weighted by Crippen LogP contribution is 2.49. The second kappa shape index (κ2) is 7.45. The summed E-state index contributed by atoms with van der Waals surface area (Å²) in [5.41, 5.74) is 3.11. The molecule has 5 heteroatoms. The van der Waals surface area contributed by atoms with E-state index in [1.54, 1.807) is 12.0 Å². The fourth-order valence-corrected chi connectivity index (χ4v) is 4.79. The number of benzene rings is 2. The van der Waals surface area contributed by atoms with Crippen molar-refractivity contribution in [2.45, 2.75) is 39.0 Å². The Kier molecular flexibility index (Phi) is 5.11. The minimum absolute atomic E-state index is 0.00692. The zero-order valence-corrected chi connectivity index (χ0v) is 18.5. The van der Waals surface area contributed by atoms with E-state index in [0.717, 1.165) is 27.0 Å². The van der Waals surface area contributed by atoms with E-state index in [-0.39, 0.29) is 29.4 Å². The summed E-state index contributed by atoms with van der Waals surface area (Å²) in [6, 6.07) is 15.4. The van der Waals surface area contributed by atoms with E-state index in [0.29, 0.717) is 18.6 Å². The van der Waals surface area contributed by atoms with Gasteiger partial charge in [0.1, 0.15) is 5.75 Å². The van der Waals surface area contributed by atoms with E-state index in [1.807, 2.05) is 48.5 Å². The van der Waals surface area contributed by atoms with Crippen molar-refractivity contribution in [3.05, 3.63) is 69.8 Å². The van der Waals surface area contributed by atoms with Crippen LogP contribution in [0.4, 0.5) is 5.69 Å². The van der Waals surface area contributed by atoms with Crippen molar-refractivity contribution in [2.24, 2.45) is 5.41 Å². The lowest BCUT2D eigenvalue weighted by Gasteiger charge is -2.43. The van der Waals surface area contributed by atoms with Gasteiger partial charge in [-0.1, -0.05) is 48.0 Å². The third-order valence-electron chi connectivity index (χ3n) is 5.74. The number of Topliss-reactive ketones (excluding diaryl/α,β-unsaturated/α-hetero) is 1. The maximum atomic E-state index is 13.4. The van der Waals surface area contributed by atoms with Gasteiger partial charge in [-0.2, -0.15) is 0 Å². The van der Waals surface area contributed by atoms with Crippen LogP contribution in [-0.2, 0) is 9.59 Å². The van der Waals surface area contributed by atoms with Crippen molar-refractivity contribution < 1.29 is 14.3 Å². The lowest BCUT2D eigenvalue weighted by molar-refractivity contribution is -0.121. The number of rotatable bonds is 3. The number of para-hydroxylation sites is 1. The zero-order chi connectivity index (χ0) is 20.8. The molecule has 150 valence electrons. The Bertz CT molecular complexity index is 1010. The van der Waals surface area contributed by atoms with Gasteiger partial charge < -0.3 is 4.74 Å². The minimum Gasteiger partial charge on any atom is -0.496 e. The van der Waals surface area contributed by atoms with Crippen LogP contribution in [0.15, 0.2) is 64.3 Å². The number of halogens is 1. The molecule has 0 radical (unpaired) electrons. The molecule has 0 saturated heterocycles. The molecular weight excluding hydrogens is 430 g/mol. The van der Waals surface area contributed by atoms with Crippen molar-refractivity contribution in [1.29, 1.82) is 0 Å². The monoisotopic (exact) mass is 453 g/mol. The second-order valence-corrected chi connectivity index (χ2v) is 9.42. The Morgan fingerprint density at radius 2 is 1.72 bits per heavy atom. The van der Waals surface area contributed by atoms with E-state index in [9.17, 15) is 9.59 Å². The molecule has 1 aliphatic heterocycles. The highest BCUT2D eigenvalue weighted by molar-refractivity contribution is 9.10. The largest absolute Gasteiger partial charge is 0.496 e. The highest BCUT2D eigenvalue weighted by atomic mass is 79.9. The first-order chi connectivity index (χ1) is 13.8. The van der Waals surface area contributed by atoms with Crippen LogP contribution in [-0.4, -0.2) is 18.8 Å². The van der Waals surface area contributed by atoms with Crippen LogP contribution in [0.25, 0.3) is 0 Å². The van der Waals surface area contributed by atoms with Gasteiger partial charge in [0.25, 0.3) is 0 Å². The molecule has 0 fully saturated rings. The number of methoxy groups -OCH3 is 1. The molecule has 4 rings (SSSR count). The number of hydrogen-bond donors (Lipinski definition) is 0. The SMILES string of the molecule is COc1ccccc1C1CC(=O)N(c2ccc(Br)cc2)C2=C1C(=O)CC(C)(C)C2. The van der Waals surface area contributed by atoms with Gasteiger partial charge in [-0.3, -0.25) is 14.5 Å². The van der Waals surface area contributed by atoms with E-state index in [2.05, 4.69) is 29.8 Å². The first-order valence-corrected chi connectivity index (χ1v) is 10.6. The van der Waals surface area contributed by atoms with Gasteiger partial charge in [-0.25, -0.2) is 0 Å². The number of carbonyl (C=O) groups excluding carboxylic acids is 2. The van der Waals surface area contributed by atoms with Gasteiger partial charge in [0, 0.05) is 45.8 Å². The molecule has 2 aromatic carbocycles. The molecule has 29 heavy (non-hydrogen) atoms. The summed E-state index contributed by atoms with van der Waals surface area (Å²) in [4.78, 5) is 28.4. The molecule has 0 saturated carbocycles. The van der Waals surface area contributed by atoms with Crippen LogP contribution in [0.5, 0.6) is 5.75 Å². The Labute approximate surface area is 179 Å². The van der Waals surface area contributed by atoms with Gasteiger partial charge in [-0.15, -0.1) is 0 Å². The molecule has 0 bridgehead atoms. The molecular formula is C24H24BrNO3. The molecule has 4 nitrogen and oxygen atoms in total. The number of carbonyl (C=O) groups is 2. The van der Waals surface area contributed by atoms with E-state index < -0.39 is 0 Å². The fourth-order valence-electron chi connectivity index (χ4n) is 4.53. The molecule has 1 amide bonds. The second-order valence-electron chi connectivity index (χ2n) is 8.51. The summed E-state index contributed by atoms with van der Waals surface area (Å²) in [6.07, 6.45) is 1.42. The van der Waals surface area contributed by atoms with E-state index in [1.165, 1.54) is 0 Å². The van der Waals surface area contributed by atoms with E-state index in [4.69, 9.17) is 4.74 Å². The third-order valence-corrected chi connectivity index (χ3v) is 6.27. The molecule has 1 aliphatic carbocycles. The Morgan fingerprint density at radius 1 is 1.03 bits per heavy atom. The molecule has 2 aliphatic rings. The lowest BCUT2D eigenvalue weighted by Crippen LogP contribution is -2.43. The van der Waals surface area contributed by atoms with Crippen molar-refractivity contribution in [1.82, 2.24) is 0 Å². The van der Waals surface area contributed by atoms with Gasteiger partial charge in [-0.05, 0) is 42.2 Å². The predicted octanol–water partition coefficient (Wildman–Crippen LogP) is 5.62. The lowest BCUT2D eigenvalue weighted by atomic mass is 9.69. The van der Waals surface area contributed by atoms with Crippen molar-refractivity contribution in [3.63, 3.8) is 0 Å². The van der Waals surface area contributed by atoms with Crippen LogP contribution >= 0.6 is 15.9 Å². The number of anilines is 1. The van der Waals surface area contributed by atoms with Crippen LogP contribution in [0.2, 0.25) is 0 Å². The Balaban J connectivity index is 1.91. The van der Waals surface area contributed by atoms with Crippen LogP contribution in [0, 0.1) is 5.41 Å². The average Bonchev–Trinajstić information content (AvgIpc) is 2.67. The topological polar surface area (TPSA) is 46.6 Å². The van der Waals surface area contributed by atoms with E-state index >= 15 is 0 Å². The van der Waals surface area contributed by atoms with Crippen molar-refractivity contribution in [2.75, 3.05) is 12.0 Å². The molecule has 1 heterocycles. The standard InChI is InChI=1S/C24H24BrNO3/c1-24(2)13-19-23(20(27)14-24)18(17-6-4-5-7-21(17)29-3)12-22(28)26(19)16-10-8-15(25)9-11-16/h4-11,18H,12-14H2,1-3H3. The first-order valence-electron chi connectivity index (χ1n) is 9.78. The zero-order valence-electron chi connectivity index (χ0n) is 16.9. The quantitative estimate of drug-likeness (QED) is 0.605. The normalized spacial score (nSPS) is 21.2. The number of amides is 1. The molecule has 0 N–H and O–H groups in total. The summed E-state index contributed by atoms with van der Waals surface area (Å²) in [5.74, 6) is 0.574. The van der Waals surface area contributed by atoms with Crippen molar-refractivity contribution >= 4 is 33.3 Å². The first kappa shape index (κ1) is 19.9. The van der Waals surface area contributed by atoms with Crippen molar-refractivity contribution in [3.8, 4) is 5.75 Å². The minimum atomic E-state index is -0.274. The number of allylic oxidation sites excluding steroid dienone is 2. The summed E-state index contributed by atoms with van der Waals surface area (Å²) in [6.45, 7) is 4.18. The number of ketones is 1. The van der Waals surface area contributed by atoms with Crippen LogP contribution in [0.3, 0.4) is 0 Å². The molecule has 1 atom stereocenters. The van der Waals surface area contributed by atoms with Crippen LogP contribution in [0.1, 0.15) is 44.6 Å². The maximum Gasteiger partial charge on any atom is 0.232 e. The van der Waals surface area contributed by atoms with Gasteiger partial charge >= 0.3 is 0 Å². The number of hydrogen-bond acceptors (Lipinski definition) is 3. The predicted molar refractivity (Wildman–Crippen MR) is 117 cm³/mol. The van der Waals surface area contributed by atoms with Gasteiger partial charge in [0.15, 0.2) is 5.78 Å². The van der Waals surface area contributed by atoms with Gasteiger partial charge in [0.2, 0.25) is 5.91 Å². The number of ether oxygens (including phenoxy) is 1. The van der Waals surface area contributed by atoms with Crippen LogP contribution < -0.4 is 9.64 Å². The molecule has 0 spiro atoms. The fraction of sp³-hybridized carbons (Fsp3) is 0.333. The molecule has 0 aromatic heterocycles. The Morgan fingerprint density at radius 3 is 2.41 bits per heavy atom.